The topological polar surface area (TPSA) is 41.8 Å². The highest BCUT2D eigenvalue weighted by atomic mass is 14.8. The third-order valence-corrected chi connectivity index (χ3v) is 3.52. The summed E-state index contributed by atoms with van der Waals surface area (Å²) in [5.74, 6) is 0. The highest BCUT2D eigenvalue weighted by Crippen LogP contribution is 2.37. The first-order chi connectivity index (χ1) is 6.63. The third kappa shape index (κ3) is 1.48. The summed E-state index contributed by atoms with van der Waals surface area (Å²) in [6.45, 7) is 4.29. The van der Waals surface area contributed by atoms with Crippen LogP contribution in [0.5, 0.6) is 0 Å². The number of aromatic nitrogens is 1. The summed E-state index contributed by atoms with van der Waals surface area (Å²) >= 11 is 0. The highest BCUT2D eigenvalue weighted by molar-refractivity contribution is 5.36. The molecule has 0 radical (unpaired) electrons. The summed E-state index contributed by atoms with van der Waals surface area (Å²) in [6.07, 6.45) is 8.27. The molecular weight excluding hydrogens is 172 g/mol. The van der Waals surface area contributed by atoms with E-state index in [1.54, 1.807) is 0 Å². The minimum atomic E-state index is -0.0492. The fraction of sp³-hybridized carbons (Fsp3) is 0.667. The van der Waals surface area contributed by atoms with Crippen LogP contribution in [0.3, 0.4) is 0 Å². The number of rotatable bonds is 1. The van der Waals surface area contributed by atoms with Gasteiger partial charge in [-0.3, -0.25) is 0 Å². The van der Waals surface area contributed by atoms with E-state index in [4.69, 9.17) is 5.73 Å². The molecule has 0 unspecified atom stereocenters. The van der Waals surface area contributed by atoms with Crippen molar-refractivity contribution in [3.05, 3.63) is 23.0 Å². The van der Waals surface area contributed by atoms with Gasteiger partial charge in [0.25, 0.3) is 0 Å². The Hall–Kier alpha value is -0.760. The van der Waals surface area contributed by atoms with E-state index in [0.29, 0.717) is 0 Å². The van der Waals surface area contributed by atoms with Crippen LogP contribution in [0.25, 0.3) is 0 Å². The molecule has 0 aliphatic heterocycles. The molecule has 1 aliphatic rings. The third-order valence-electron chi connectivity index (χ3n) is 3.52. The number of aromatic amines is 1. The summed E-state index contributed by atoms with van der Waals surface area (Å²) in [6, 6.07) is 0. The first-order valence-corrected chi connectivity index (χ1v) is 5.57. The van der Waals surface area contributed by atoms with E-state index in [1.807, 2.05) is 0 Å². The Bertz CT molecular complexity index is 300. The molecule has 2 nitrogen and oxygen atoms in total. The van der Waals surface area contributed by atoms with Crippen LogP contribution in [0.2, 0.25) is 0 Å². The summed E-state index contributed by atoms with van der Waals surface area (Å²) < 4.78 is 0. The molecule has 1 aromatic heterocycles. The van der Waals surface area contributed by atoms with E-state index in [-0.39, 0.29) is 5.54 Å². The van der Waals surface area contributed by atoms with Gasteiger partial charge >= 0.3 is 0 Å². The number of hydrogen-bond donors (Lipinski definition) is 2. The van der Waals surface area contributed by atoms with Crippen LogP contribution < -0.4 is 5.73 Å². The predicted molar refractivity (Wildman–Crippen MR) is 59.2 cm³/mol. The van der Waals surface area contributed by atoms with Gasteiger partial charge in [0.2, 0.25) is 0 Å². The van der Waals surface area contributed by atoms with Crippen molar-refractivity contribution in [3.8, 4) is 0 Å². The molecule has 2 heteroatoms. The molecule has 78 valence electrons. The molecule has 0 spiro atoms. The Morgan fingerprint density at radius 1 is 1.21 bits per heavy atom. The average Bonchev–Trinajstić information content (AvgIpc) is 2.48. The lowest BCUT2D eigenvalue weighted by Crippen LogP contribution is -2.39. The normalized spacial score (nSPS) is 21.1. The number of hydrogen-bond acceptors (Lipinski definition) is 1. The molecule has 1 aromatic rings. The van der Waals surface area contributed by atoms with Gasteiger partial charge in [0.15, 0.2) is 0 Å². The Balaban J connectivity index is 2.36. The van der Waals surface area contributed by atoms with Crippen molar-refractivity contribution in [1.82, 2.24) is 4.98 Å². The molecule has 14 heavy (non-hydrogen) atoms. The van der Waals surface area contributed by atoms with Crippen molar-refractivity contribution in [3.63, 3.8) is 0 Å². The van der Waals surface area contributed by atoms with Crippen molar-refractivity contribution >= 4 is 0 Å². The van der Waals surface area contributed by atoms with Crippen LogP contribution in [-0.4, -0.2) is 4.98 Å². The van der Waals surface area contributed by atoms with Gasteiger partial charge in [-0.25, -0.2) is 0 Å². The number of nitrogens with two attached hydrogens (primary N) is 1. The summed E-state index contributed by atoms with van der Waals surface area (Å²) in [5.41, 5.74) is 10.4. The minimum Gasteiger partial charge on any atom is -0.365 e. The monoisotopic (exact) mass is 192 g/mol. The summed E-state index contributed by atoms with van der Waals surface area (Å²) in [7, 11) is 0. The molecule has 3 N–H and O–H groups in total. The van der Waals surface area contributed by atoms with Crippen LogP contribution in [0.15, 0.2) is 6.20 Å². The average molecular weight is 192 g/mol. The fourth-order valence-electron chi connectivity index (χ4n) is 2.86. The number of H-pyrrole nitrogens is 1. The maximum atomic E-state index is 6.51. The van der Waals surface area contributed by atoms with E-state index >= 15 is 0 Å². The molecule has 1 saturated carbocycles. The van der Waals surface area contributed by atoms with E-state index < -0.39 is 0 Å². The van der Waals surface area contributed by atoms with Gasteiger partial charge < -0.3 is 10.7 Å². The van der Waals surface area contributed by atoms with Crippen LogP contribution >= 0.6 is 0 Å². The predicted octanol–water partition coefficient (Wildman–Crippen LogP) is 2.75. The molecular formula is C12H20N2. The van der Waals surface area contributed by atoms with Crippen LogP contribution in [0.1, 0.15) is 48.9 Å². The molecule has 0 saturated heterocycles. The van der Waals surface area contributed by atoms with Gasteiger partial charge in [-0.2, -0.15) is 0 Å². The Morgan fingerprint density at radius 2 is 1.86 bits per heavy atom. The van der Waals surface area contributed by atoms with Gasteiger partial charge in [-0.15, -0.1) is 0 Å². The zero-order valence-electron chi connectivity index (χ0n) is 9.19. The molecule has 0 amide bonds. The molecule has 0 bridgehead atoms. The quantitative estimate of drug-likeness (QED) is 0.706. The highest BCUT2D eigenvalue weighted by Gasteiger charge is 2.32. The van der Waals surface area contributed by atoms with Crippen molar-refractivity contribution in [2.75, 3.05) is 0 Å². The Kier molecular flexibility index (Phi) is 2.40. The van der Waals surface area contributed by atoms with E-state index in [9.17, 15) is 0 Å². The SMILES string of the molecule is Cc1c[nH]c(C)c1C1(N)CCCCC1. The van der Waals surface area contributed by atoms with Gasteiger partial charge in [0, 0.05) is 17.4 Å². The van der Waals surface area contributed by atoms with Crippen molar-refractivity contribution in [1.29, 1.82) is 0 Å². The van der Waals surface area contributed by atoms with Gasteiger partial charge in [0.05, 0.1) is 0 Å². The zero-order valence-corrected chi connectivity index (χ0v) is 9.19. The second-order valence-electron chi connectivity index (χ2n) is 4.69. The lowest BCUT2D eigenvalue weighted by atomic mass is 9.76. The second-order valence-corrected chi connectivity index (χ2v) is 4.69. The lowest BCUT2D eigenvalue weighted by Gasteiger charge is -2.34. The van der Waals surface area contributed by atoms with Crippen LogP contribution in [0, 0.1) is 13.8 Å². The Morgan fingerprint density at radius 3 is 2.36 bits per heavy atom. The van der Waals surface area contributed by atoms with Gasteiger partial charge in [-0.1, -0.05) is 19.3 Å². The lowest BCUT2D eigenvalue weighted by molar-refractivity contribution is 0.300. The largest absolute Gasteiger partial charge is 0.365 e. The zero-order chi connectivity index (χ0) is 10.2. The van der Waals surface area contributed by atoms with Gasteiger partial charge in [-0.05, 0) is 37.8 Å². The summed E-state index contributed by atoms with van der Waals surface area (Å²) in [4.78, 5) is 3.28. The number of aryl methyl sites for hydroxylation is 2. The molecule has 2 rings (SSSR count). The minimum absolute atomic E-state index is 0.0492. The fourth-order valence-corrected chi connectivity index (χ4v) is 2.86. The molecule has 0 atom stereocenters. The van der Waals surface area contributed by atoms with Gasteiger partial charge in [0.1, 0.15) is 0 Å². The van der Waals surface area contributed by atoms with Crippen molar-refractivity contribution in [2.45, 2.75) is 51.5 Å². The van der Waals surface area contributed by atoms with E-state index in [1.165, 1.54) is 36.1 Å². The number of nitrogens with one attached hydrogen (secondary N) is 1. The smallest absolute Gasteiger partial charge is 0.0430 e. The first-order valence-electron chi connectivity index (χ1n) is 5.57. The molecule has 1 heterocycles. The van der Waals surface area contributed by atoms with Crippen molar-refractivity contribution < 1.29 is 0 Å². The van der Waals surface area contributed by atoms with Crippen molar-refractivity contribution in [2.24, 2.45) is 5.73 Å². The summed E-state index contributed by atoms with van der Waals surface area (Å²) in [5, 5.41) is 0. The first kappa shape index (κ1) is 9.78. The maximum Gasteiger partial charge on any atom is 0.0430 e. The molecule has 0 aromatic carbocycles. The van der Waals surface area contributed by atoms with E-state index in [2.05, 4.69) is 25.0 Å². The van der Waals surface area contributed by atoms with Crippen LogP contribution in [0.4, 0.5) is 0 Å². The molecule has 1 aliphatic carbocycles. The van der Waals surface area contributed by atoms with E-state index in [0.717, 1.165) is 12.8 Å². The standard InChI is InChI=1S/C12H20N2/c1-9-8-14-10(2)11(9)12(13)6-4-3-5-7-12/h8,14H,3-7,13H2,1-2H3. The Labute approximate surface area is 85.9 Å². The van der Waals surface area contributed by atoms with Crippen LogP contribution in [-0.2, 0) is 5.54 Å². The second kappa shape index (κ2) is 3.43. The molecule has 1 fully saturated rings. The maximum absolute atomic E-state index is 6.51.